The molecule has 0 bridgehead atoms. The Morgan fingerprint density at radius 1 is 1.14 bits per heavy atom. The van der Waals surface area contributed by atoms with Crippen LogP contribution in [0.3, 0.4) is 0 Å². The minimum atomic E-state index is -4.53. The lowest BCUT2D eigenvalue weighted by atomic mass is 10.0. The number of benzene rings is 1. The smallest absolute Gasteiger partial charge is 0.416 e. The van der Waals surface area contributed by atoms with Gasteiger partial charge in [0.2, 0.25) is 5.91 Å². The van der Waals surface area contributed by atoms with Crippen molar-refractivity contribution in [1.29, 1.82) is 0 Å². The van der Waals surface area contributed by atoms with Gasteiger partial charge in [0.05, 0.1) is 23.3 Å². The van der Waals surface area contributed by atoms with Gasteiger partial charge in [-0.1, -0.05) is 0 Å². The van der Waals surface area contributed by atoms with Crippen LogP contribution >= 0.6 is 0 Å². The minimum absolute atomic E-state index is 0.0778. The molecule has 0 radical (unpaired) electrons. The molecule has 0 saturated carbocycles. The van der Waals surface area contributed by atoms with Crippen molar-refractivity contribution in [2.45, 2.75) is 44.9 Å². The van der Waals surface area contributed by atoms with Crippen LogP contribution in [0, 0.1) is 6.92 Å². The van der Waals surface area contributed by atoms with Gasteiger partial charge in [0.25, 0.3) is 0 Å². The van der Waals surface area contributed by atoms with E-state index >= 15 is 0 Å². The van der Waals surface area contributed by atoms with Crippen LogP contribution in [-0.2, 0) is 11.0 Å². The average molecular weight is 406 g/mol. The van der Waals surface area contributed by atoms with E-state index in [0.717, 1.165) is 32.0 Å². The van der Waals surface area contributed by atoms with Gasteiger partial charge in [0.15, 0.2) is 5.82 Å². The monoisotopic (exact) mass is 406 g/mol. The van der Waals surface area contributed by atoms with E-state index in [1.165, 1.54) is 6.92 Å². The molecule has 1 amide bonds. The maximum Gasteiger partial charge on any atom is 0.416 e. The van der Waals surface area contributed by atoms with Crippen molar-refractivity contribution in [2.75, 3.05) is 18.0 Å². The van der Waals surface area contributed by atoms with Crippen molar-refractivity contribution >= 4 is 11.7 Å². The molecule has 0 aliphatic carbocycles. The van der Waals surface area contributed by atoms with Crippen LogP contribution in [0.4, 0.5) is 19.0 Å². The highest BCUT2D eigenvalue weighted by Crippen LogP contribution is 2.39. The highest BCUT2D eigenvalue weighted by atomic mass is 19.4. The number of aromatic nitrogens is 2. The van der Waals surface area contributed by atoms with Gasteiger partial charge in [0.1, 0.15) is 5.75 Å². The van der Waals surface area contributed by atoms with Gasteiger partial charge in [-0.05, 0) is 49.6 Å². The second-order valence-corrected chi connectivity index (χ2v) is 7.58. The first-order valence-corrected chi connectivity index (χ1v) is 9.45. The molecule has 154 valence electrons. The van der Waals surface area contributed by atoms with Gasteiger partial charge >= 0.3 is 6.18 Å². The number of aromatic hydroxyl groups is 1. The Morgan fingerprint density at radius 2 is 1.86 bits per heavy atom. The van der Waals surface area contributed by atoms with Crippen LogP contribution in [0.2, 0.25) is 0 Å². The zero-order valence-corrected chi connectivity index (χ0v) is 16.1. The quantitative estimate of drug-likeness (QED) is 0.828. The van der Waals surface area contributed by atoms with Crippen molar-refractivity contribution in [3.8, 4) is 17.0 Å². The predicted molar refractivity (Wildman–Crippen MR) is 100 cm³/mol. The van der Waals surface area contributed by atoms with E-state index in [9.17, 15) is 23.1 Å². The summed E-state index contributed by atoms with van der Waals surface area (Å²) in [5.74, 6) is 0.262. The summed E-state index contributed by atoms with van der Waals surface area (Å²) in [5.41, 5.74) is -0.0846. The molecular weight excluding hydrogens is 385 g/mol. The molecule has 0 spiro atoms. The summed E-state index contributed by atoms with van der Waals surface area (Å²) in [6.45, 7) is 4.57. The van der Waals surface area contributed by atoms with Gasteiger partial charge in [-0.3, -0.25) is 4.79 Å². The Hall–Kier alpha value is -2.84. The zero-order valence-electron chi connectivity index (χ0n) is 16.1. The molecule has 2 aliphatic rings. The number of hydrogen-bond donors (Lipinski definition) is 1. The number of fused-ring (bicyclic) bond motifs is 1. The number of amides is 1. The van der Waals surface area contributed by atoms with Gasteiger partial charge in [-0.2, -0.15) is 13.2 Å². The predicted octanol–water partition coefficient (Wildman–Crippen LogP) is 3.38. The first kappa shape index (κ1) is 19.5. The number of carbonyl (C=O) groups excluding carboxylic acids is 1. The maximum absolute atomic E-state index is 12.9. The summed E-state index contributed by atoms with van der Waals surface area (Å²) in [7, 11) is 0. The highest BCUT2D eigenvalue weighted by molar-refractivity contribution is 5.74. The van der Waals surface area contributed by atoms with E-state index < -0.39 is 17.5 Å². The molecule has 4 rings (SSSR count). The Balaban J connectivity index is 1.59. The molecule has 1 N–H and O–H groups in total. The fraction of sp³-hybridized carbons (Fsp3) is 0.450. The number of halogens is 3. The molecule has 2 aliphatic heterocycles. The van der Waals surface area contributed by atoms with Crippen LogP contribution in [0.25, 0.3) is 11.3 Å². The van der Waals surface area contributed by atoms with Gasteiger partial charge in [-0.15, -0.1) is 10.2 Å². The van der Waals surface area contributed by atoms with Crippen LogP contribution in [0.5, 0.6) is 5.75 Å². The number of likely N-dealkylation sites (tertiary alicyclic amines) is 1. The fourth-order valence-electron chi connectivity index (χ4n) is 4.54. The first-order valence-electron chi connectivity index (χ1n) is 9.45. The topological polar surface area (TPSA) is 69.6 Å². The third-order valence-electron chi connectivity index (χ3n) is 5.82. The van der Waals surface area contributed by atoms with E-state index in [1.54, 1.807) is 19.1 Å². The number of anilines is 1. The lowest BCUT2D eigenvalue weighted by Gasteiger charge is -2.25. The van der Waals surface area contributed by atoms with Crippen LogP contribution < -0.4 is 4.90 Å². The summed E-state index contributed by atoms with van der Waals surface area (Å²) >= 11 is 0. The molecule has 9 heteroatoms. The number of alkyl halides is 3. The summed E-state index contributed by atoms with van der Waals surface area (Å²) < 4.78 is 38.8. The number of rotatable bonds is 2. The molecule has 2 atom stereocenters. The summed E-state index contributed by atoms with van der Waals surface area (Å²) in [4.78, 5) is 15.8. The molecule has 1 aromatic heterocycles. The van der Waals surface area contributed by atoms with Crippen LogP contribution in [-0.4, -0.2) is 51.3 Å². The number of hydrogen-bond acceptors (Lipinski definition) is 5. The zero-order chi connectivity index (χ0) is 20.9. The Bertz CT molecular complexity index is 923. The van der Waals surface area contributed by atoms with Crippen molar-refractivity contribution < 1.29 is 23.1 Å². The van der Waals surface area contributed by atoms with E-state index in [1.807, 2.05) is 4.90 Å². The summed E-state index contributed by atoms with van der Waals surface area (Å²) in [6, 6.07) is 5.48. The highest BCUT2D eigenvalue weighted by Gasteiger charge is 2.44. The molecule has 2 aromatic rings. The van der Waals surface area contributed by atoms with Crippen molar-refractivity contribution in [1.82, 2.24) is 15.1 Å². The Labute approximate surface area is 166 Å². The van der Waals surface area contributed by atoms with E-state index in [-0.39, 0.29) is 29.1 Å². The molecule has 2 fully saturated rings. The Morgan fingerprint density at radius 3 is 2.45 bits per heavy atom. The van der Waals surface area contributed by atoms with Crippen molar-refractivity contribution in [3.63, 3.8) is 0 Å². The molecular formula is C20H21F3N4O2. The van der Waals surface area contributed by atoms with E-state index in [4.69, 9.17) is 0 Å². The fourth-order valence-corrected chi connectivity index (χ4v) is 4.54. The third kappa shape index (κ3) is 3.38. The standard InChI is InChI=1S/C20H21F3N4O2/c1-11-9-13(20(21,22)23)10-17(29)19(11)14-3-4-18(25-24-14)27-8-6-15-16(27)5-7-26(15)12(2)28/h3-4,9-10,15-16,29H,5-8H2,1-2H3/t15-,16-/m0/s1. The van der Waals surface area contributed by atoms with Crippen molar-refractivity contribution in [3.05, 3.63) is 35.4 Å². The number of phenols is 1. The second kappa shape index (κ2) is 6.89. The lowest BCUT2D eigenvalue weighted by Crippen LogP contribution is -2.38. The molecule has 2 saturated heterocycles. The number of aryl methyl sites for hydroxylation is 1. The third-order valence-corrected chi connectivity index (χ3v) is 5.82. The second-order valence-electron chi connectivity index (χ2n) is 7.58. The SMILES string of the molecule is CC(=O)N1CC[C@H]2[C@@H]1CCN2c1ccc(-c2c(C)cc(C(F)(F)F)cc2O)nn1. The van der Waals surface area contributed by atoms with Gasteiger partial charge < -0.3 is 14.9 Å². The molecule has 6 nitrogen and oxygen atoms in total. The summed E-state index contributed by atoms with van der Waals surface area (Å²) in [5, 5.41) is 18.6. The summed E-state index contributed by atoms with van der Waals surface area (Å²) in [6.07, 6.45) is -2.80. The van der Waals surface area contributed by atoms with E-state index in [0.29, 0.717) is 17.6 Å². The first-order chi connectivity index (χ1) is 13.7. The molecule has 0 unspecified atom stereocenters. The number of nitrogens with zero attached hydrogens (tertiary/aromatic N) is 4. The average Bonchev–Trinajstić information content (AvgIpc) is 3.22. The van der Waals surface area contributed by atoms with Gasteiger partial charge in [-0.25, -0.2) is 0 Å². The van der Waals surface area contributed by atoms with Gasteiger partial charge in [0, 0.05) is 25.6 Å². The minimum Gasteiger partial charge on any atom is -0.507 e. The number of carbonyl (C=O) groups is 1. The largest absolute Gasteiger partial charge is 0.507 e. The van der Waals surface area contributed by atoms with E-state index in [2.05, 4.69) is 15.1 Å². The van der Waals surface area contributed by atoms with Crippen molar-refractivity contribution in [2.24, 2.45) is 0 Å². The van der Waals surface area contributed by atoms with Crippen LogP contribution in [0.1, 0.15) is 30.9 Å². The molecule has 3 heterocycles. The number of phenolic OH excluding ortho intramolecular Hbond substituents is 1. The molecule has 29 heavy (non-hydrogen) atoms. The normalized spacial score (nSPS) is 21.6. The van der Waals surface area contributed by atoms with Crippen LogP contribution in [0.15, 0.2) is 24.3 Å². The Kier molecular flexibility index (Phi) is 4.63. The molecule has 1 aromatic carbocycles. The maximum atomic E-state index is 12.9. The lowest BCUT2D eigenvalue weighted by molar-refractivity contribution is -0.137.